The number of rotatable bonds is 3. The lowest BCUT2D eigenvalue weighted by Gasteiger charge is -2.19. The average molecular weight is 687 g/mol. The van der Waals surface area contributed by atoms with Gasteiger partial charge in [-0.15, -0.1) is 0 Å². The van der Waals surface area contributed by atoms with Gasteiger partial charge in [-0.2, -0.15) is 0 Å². The summed E-state index contributed by atoms with van der Waals surface area (Å²) < 4.78 is 13.2. The number of furan rings is 2. The highest BCUT2D eigenvalue weighted by atomic mass is 16.3. The van der Waals surface area contributed by atoms with Gasteiger partial charge in [-0.1, -0.05) is 158 Å². The van der Waals surface area contributed by atoms with E-state index in [1.165, 1.54) is 54.6 Å². The van der Waals surface area contributed by atoms with Crippen molar-refractivity contribution < 1.29 is 8.83 Å². The summed E-state index contributed by atoms with van der Waals surface area (Å²) in [5.74, 6) is 0. The summed E-state index contributed by atoms with van der Waals surface area (Å²) in [6.07, 6.45) is 0. The molecule has 0 unspecified atom stereocenters. The number of fused-ring (bicyclic) bond motifs is 13. The van der Waals surface area contributed by atoms with Gasteiger partial charge in [0.15, 0.2) is 0 Å². The molecule has 2 heterocycles. The van der Waals surface area contributed by atoms with Gasteiger partial charge in [0.25, 0.3) is 0 Å². The second-order valence-corrected chi connectivity index (χ2v) is 14.3. The van der Waals surface area contributed by atoms with E-state index in [0.717, 1.165) is 65.8 Å². The van der Waals surface area contributed by atoms with Gasteiger partial charge in [0.1, 0.15) is 22.3 Å². The summed E-state index contributed by atoms with van der Waals surface area (Å²) in [6.45, 7) is 0. The Kier molecular flexibility index (Phi) is 6.09. The molecule has 54 heavy (non-hydrogen) atoms. The molecule has 2 aromatic heterocycles. The minimum Gasteiger partial charge on any atom is -0.455 e. The molecular weight excluding hydrogens is 657 g/mol. The van der Waals surface area contributed by atoms with Crippen molar-refractivity contribution in [2.75, 3.05) is 0 Å². The normalized spacial score (nSPS) is 12.1. The molecular formula is C52H30O2. The number of hydrogen-bond donors (Lipinski definition) is 0. The van der Waals surface area contributed by atoms with Gasteiger partial charge in [-0.05, 0) is 95.3 Å². The van der Waals surface area contributed by atoms with Crippen molar-refractivity contribution in [2.45, 2.75) is 0 Å². The van der Waals surface area contributed by atoms with Crippen molar-refractivity contribution in [2.24, 2.45) is 0 Å². The van der Waals surface area contributed by atoms with Crippen LogP contribution in [-0.4, -0.2) is 0 Å². The van der Waals surface area contributed by atoms with E-state index in [4.69, 9.17) is 8.83 Å². The van der Waals surface area contributed by atoms with Gasteiger partial charge in [0.2, 0.25) is 0 Å². The smallest absolute Gasteiger partial charge is 0.147 e. The third kappa shape index (κ3) is 4.11. The van der Waals surface area contributed by atoms with E-state index in [-0.39, 0.29) is 0 Å². The van der Waals surface area contributed by atoms with E-state index >= 15 is 0 Å². The van der Waals surface area contributed by atoms with Crippen LogP contribution in [0.4, 0.5) is 0 Å². The zero-order valence-corrected chi connectivity index (χ0v) is 29.1. The summed E-state index contributed by atoms with van der Waals surface area (Å²) >= 11 is 0. The molecule has 0 radical (unpaired) electrons. The highest BCUT2D eigenvalue weighted by Crippen LogP contribution is 2.47. The molecule has 0 bridgehead atoms. The van der Waals surface area contributed by atoms with E-state index < -0.39 is 0 Å². The number of hydrogen-bond acceptors (Lipinski definition) is 2. The first-order chi connectivity index (χ1) is 26.8. The van der Waals surface area contributed by atoms with E-state index in [9.17, 15) is 0 Å². The maximum Gasteiger partial charge on any atom is 0.147 e. The van der Waals surface area contributed by atoms with Crippen LogP contribution in [0.25, 0.3) is 120 Å². The molecule has 0 aliphatic carbocycles. The van der Waals surface area contributed by atoms with E-state index in [2.05, 4.69) is 170 Å². The zero-order valence-electron chi connectivity index (χ0n) is 29.1. The van der Waals surface area contributed by atoms with E-state index in [1.54, 1.807) is 0 Å². The van der Waals surface area contributed by atoms with Crippen LogP contribution in [0.3, 0.4) is 0 Å². The fraction of sp³-hybridized carbons (Fsp3) is 0. The third-order valence-electron chi connectivity index (χ3n) is 11.4. The number of benzene rings is 10. The monoisotopic (exact) mass is 686 g/mol. The van der Waals surface area contributed by atoms with Crippen LogP contribution in [0.1, 0.15) is 0 Å². The minimum atomic E-state index is 0.869. The highest BCUT2D eigenvalue weighted by molar-refractivity contribution is 6.34. The van der Waals surface area contributed by atoms with Gasteiger partial charge in [0, 0.05) is 21.5 Å². The Hall–Kier alpha value is -7.16. The van der Waals surface area contributed by atoms with Crippen LogP contribution >= 0.6 is 0 Å². The van der Waals surface area contributed by atoms with Crippen molar-refractivity contribution in [1.29, 1.82) is 0 Å². The lowest BCUT2D eigenvalue weighted by Crippen LogP contribution is -1.92. The first-order valence-corrected chi connectivity index (χ1v) is 18.5. The van der Waals surface area contributed by atoms with Crippen LogP contribution in [0, 0.1) is 0 Å². The molecule has 0 N–H and O–H groups in total. The van der Waals surface area contributed by atoms with Crippen molar-refractivity contribution in [3.05, 3.63) is 182 Å². The predicted molar refractivity (Wildman–Crippen MR) is 227 cm³/mol. The van der Waals surface area contributed by atoms with E-state index in [0.29, 0.717) is 0 Å². The molecule has 0 spiro atoms. The van der Waals surface area contributed by atoms with Gasteiger partial charge in [0.05, 0.1) is 5.39 Å². The van der Waals surface area contributed by atoms with Crippen molar-refractivity contribution in [1.82, 2.24) is 0 Å². The van der Waals surface area contributed by atoms with Crippen LogP contribution in [0.2, 0.25) is 0 Å². The molecule has 0 amide bonds. The second kappa shape index (κ2) is 11.2. The number of para-hydroxylation sites is 1. The fourth-order valence-electron chi connectivity index (χ4n) is 9.11. The fourth-order valence-corrected chi connectivity index (χ4v) is 9.11. The summed E-state index contributed by atoms with van der Waals surface area (Å²) in [5.41, 5.74) is 10.8. The largest absolute Gasteiger partial charge is 0.455 e. The van der Waals surface area contributed by atoms with E-state index in [1.807, 2.05) is 12.1 Å². The predicted octanol–water partition coefficient (Wildman–Crippen LogP) is 15.1. The van der Waals surface area contributed by atoms with Gasteiger partial charge >= 0.3 is 0 Å². The lowest BCUT2D eigenvalue weighted by atomic mass is 9.84. The molecule has 2 heteroatoms. The molecule has 0 fully saturated rings. The first-order valence-electron chi connectivity index (χ1n) is 18.5. The molecule has 0 saturated heterocycles. The van der Waals surface area contributed by atoms with Crippen LogP contribution in [-0.2, 0) is 0 Å². The molecule has 250 valence electrons. The maximum absolute atomic E-state index is 6.73. The Bertz CT molecular complexity index is 3440. The topological polar surface area (TPSA) is 26.3 Å². The molecule has 0 aliphatic rings. The Morgan fingerprint density at radius 3 is 1.59 bits per heavy atom. The third-order valence-corrected chi connectivity index (χ3v) is 11.4. The summed E-state index contributed by atoms with van der Waals surface area (Å²) in [7, 11) is 0. The summed E-state index contributed by atoms with van der Waals surface area (Å²) in [6, 6.07) is 65.6. The van der Waals surface area contributed by atoms with Crippen molar-refractivity contribution in [3.8, 4) is 33.4 Å². The molecule has 0 atom stereocenters. The molecule has 2 nitrogen and oxygen atoms in total. The van der Waals surface area contributed by atoms with Crippen LogP contribution in [0.15, 0.2) is 191 Å². The Balaban J connectivity index is 1.10. The van der Waals surface area contributed by atoms with Gasteiger partial charge in [-0.25, -0.2) is 0 Å². The van der Waals surface area contributed by atoms with Gasteiger partial charge < -0.3 is 8.83 Å². The zero-order chi connectivity index (χ0) is 35.3. The Morgan fingerprint density at radius 1 is 0.278 bits per heavy atom. The molecule has 10 aromatic carbocycles. The van der Waals surface area contributed by atoms with Crippen molar-refractivity contribution in [3.63, 3.8) is 0 Å². The maximum atomic E-state index is 6.73. The van der Waals surface area contributed by atoms with Crippen LogP contribution < -0.4 is 0 Å². The molecule has 0 aliphatic heterocycles. The SMILES string of the molecule is c1cc(-c2ccc3oc4c(c3c2)c2ccccc2c2oc3ccccc3c24)cc(-c2c3ccccc3c(-c3cccc4ccccc34)c3ccccc23)c1. The second-order valence-electron chi connectivity index (χ2n) is 14.3. The standard InChI is InChI=1S/C52H30O2/c1-2-17-35-31(13-1)14-12-25-36(35)48-39-20-5-3-18-37(39)47(38-19-4-6-21-40(38)48)34-16-11-15-32(29-34)33-27-28-46-44(30-33)49-41-22-7-8-23-42(41)51-50(52(49)54-46)43-24-9-10-26-45(43)53-51/h1-30H. The first kappa shape index (κ1) is 29.4. The Labute approximate surface area is 310 Å². The molecule has 0 saturated carbocycles. The molecule has 12 aromatic rings. The highest BCUT2D eigenvalue weighted by Gasteiger charge is 2.22. The van der Waals surface area contributed by atoms with Crippen molar-refractivity contribution >= 4 is 87.0 Å². The summed E-state index contributed by atoms with van der Waals surface area (Å²) in [5, 5.41) is 14.1. The lowest BCUT2D eigenvalue weighted by molar-refractivity contribution is 0.665. The average Bonchev–Trinajstić information content (AvgIpc) is 3.82. The quantitative estimate of drug-likeness (QED) is 0.173. The van der Waals surface area contributed by atoms with Crippen LogP contribution in [0.5, 0.6) is 0 Å². The Morgan fingerprint density at radius 2 is 0.815 bits per heavy atom. The van der Waals surface area contributed by atoms with Gasteiger partial charge in [-0.3, -0.25) is 0 Å². The minimum absolute atomic E-state index is 0.869. The summed E-state index contributed by atoms with van der Waals surface area (Å²) in [4.78, 5) is 0. The molecule has 12 rings (SSSR count).